The van der Waals surface area contributed by atoms with Crippen molar-refractivity contribution in [2.24, 2.45) is 0 Å². The number of rotatable bonds is 62. The fraction of sp³-hybridized carbons (Fsp3) is 0.870. The molecule has 0 heterocycles. The third-order valence-electron chi connectivity index (χ3n) is 15.5. The summed E-state index contributed by atoms with van der Waals surface area (Å²) in [7, 11) is 0. The summed E-state index contributed by atoms with van der Waals surface area (Å²) in [5.74, 6) is -0.0715. The zero-order chi connectivity index (χ0) is 52.7. The van der Waals surface area contributed by atoms with E-state index in [0.29, 0.717) is 6.42 Å². The largest absolute Gasteiger partial charge is 0.394 e. The molecule has 0 rings (SSSR count). The topological polar surface area (TPSA) is 69.6 Å². The van der Waals surface area contributed by atoms with E-state index in [2.05, 4.69) is 55.6 Å². The molecule has 2 unspecified atom stereocenters. The Balaban J connectivity index is 3.41. The quantitative estimate of drug-likeness (QED) is 0.0420. The summed E-state index contributed by atoms with van der Waals surface area (Å²) >= 11 is 0. The molecule has 0 radical (unpaired) electrons. The molecule has 0 aromatic rings. The van der Waals surface area contributed by atoms with Crippen molar-refractivity contribution in [2.45, 2.75) is 379 Å². The van der Waals surface area contributed by atoms with E-state index in [1.165, 1.54) is 308 Å². The number of amides is 1. The van der Waals surface area contributed by atoms with Gasteiger partial charge in [-0.25, -0.2) is 0 Å². The SMILES string of the molecule is CCCCCCCCCC/C=C\CCCCCCCCCCCCCCCCCCCCCCCCCCCCCCCC(=O)NC(CO)C(O)/C=C/CC/C=C/CC/C=C/CCCCCCCCCCCC. The van der Waals surface area contributed by atoms with Crippen LogP contribution in [0.3, 0.4) is 0 Å². The van der Waals surface area contributed by atoms with Crippen molar-refractivity contribution in [1.29, 1.82) is 0 Å². The molecular weight excluding hydrogens is 891 g/mol. The van der Waals surface area contributed by atoms with Gasteiger partial charge in [0, 0.05) is 6.42 Å². The molecule has 0 aromatic carbocycles. The van der Waals surface area contributed by atoms with E-state index in [1.54, 1.807) is 6.08 Å². The standard InChI is InChI=1S/C69H131NO3/c1-3-5-7-9-11-13-15-17-19-21-23-25-26-27-28-29-30-31-32-33-34-35-36-37-38-39-40-41-42-43-44-45-47-49-51-53-55-57-59-61-63-65-69(73)70-67(66-71)68(72)64-62-60-58-56-54-52-50-48-46-24-22-20-18-16-14-12-10-8-6-4-2/h21,23,46,48,54,56,62,64,67-68,71-72H,3-20,22,24-45,47,49-53,55,57-61,63,65-66H2,1-2H3,(H,70,73)/b23-21-,48-46+,56-54+,64-62+. The van der Waals surface area contributed by atoms with Crippen LogP contribution in [-0.4, -0.2) is 34.9 Å². The smallest absolute Gasteiger partial charge is 0.220 e. The molecule has 0 aliphatic carbocycles. The van der Waals surface area contributed by atoms with E-state index in [-0.39, 0.29) is 12.5 Å². The number of aliphatic hydroxyl groups excluding tert-OH is 2. The molecule has 0 spiro atoms. The summed E-state index contributed by atoms with van der Waals surface area (Å²) in [6.45, 7) is 4.32. The summed E-state index contributed by atoms with van der Waals surface area (Å²) in [5.41, 5.74) is 0. The maximum Gasteiger partial charge on any atom is 0.220 e. The first-order chi connectivity index (χ1) is 36.2. The maximum atomic E-state index is 12.5. The predicted molar refractivity (Wildman–Crippen MR) is 327 cm³/mol. The summed E-state index contributed by atoms with van der Waals surface area (Å²) < 4.78 is 0. The number of nitrogens with one attached hydrogen (secondary N) is 1. The van der Waals surface area contributed by atoms with Gasteiger partial charge in [-0.15, -0.1) is 0 Å². The van der Waals surface area contributed by atoms with E-state index >= 15 is 0 Å². The van der Waals surface area contributed by atoms with E-state index in [4.69, 9.17) is 0 Å². The van der Waals surface area contributed by atoms with Crippen molar-refractivity contribution >= 4 is 5.91 Å². The van der Waals surface area contributed by atoms with Gasteiger partial charge in [0.1, 0.15) is 0 Å². The van der Waals surface area contributed by atoms with Gasteiger partial charge in [-0.05, 0) is 70.6 Å². The number of aliphatic hydroxyl groups is 2. The molecule has 73 heavy (non-hydrogen) atoms. The van der Waals surface area contributed by atoms with Crippen molar-refractivity contribution in [3.63, 3.8) is 0 Å². The van der Waals surface area contributed by atoms with Gasteiger partial charge in [-0.3, -0.25) is 4.79 Å². The van der Waals surface area contributed by atoms with Crippen LogP contribution < -0.4 is 5.32 Å². The molecule has 1 amide bonds. The first-order valence-electron chi connectivity index (χ1n) is 33.4. The highest BCUT2D eigenvalue weighted by Gasteiger charge is 2.18. The number of hydrogen-bond donors (Lipinski definition) is 3. The average molecular weight is 1020 g/mol. The minimum absolute atomic E-state index is 0.0715. The Morgan fingerprint density at radius 1 is 0.315 bits per heavy atom. The van der Waals surface area contributed by atoms with E-state index < -0.39 is 12.1 Å². The van der Waals surface area contributed by atoms with Crippen LogP contribution in [0, 0.1) is 0 Å². The van der Waals surface area contributed by atoms with Crippen molar-refractivity contribution < 1.29 is 15.0 Å². The Labute approximate surface area is 458 Å². The lowest BCUT2D eigenvalue weighted by atomic mass is 10.0. The molecule has 4 heteroatoms. The summed E-state index contributed by atoms with van der Waals surface area (Å²) in [5, 5.41) is 23.2. The van der Waals surface area contributed by atoms with Crippen LogP contribution in [-0.2, 0) is 4.79 Å². The number of unbranched alkanes of at least 4 members (excludes halogenated alkanes) is 49. The van der Waals surface area contributed by atoms with Crippen molar-refractivity contribution in [1.82, 2.24) is 5.32 Å². The third kappa shape index (κ3) is 61.1. The van der Waals surface area contributed by atoms with Gasteiger partial charge in [0.15, 0.2) is 0 Å². The maximum absolute atomic E-state index is 12.5. The lowest BCUT2D eigenvalue weighted by Crippen LogP contribution is -2.45. The van der Waals surface area contributed by atoms with Gasteiger partial charge in [-0.1, -0.05) is 339 Å². The highest BCUT2D eigenvalue weighted by atomic mass is 16.3. The summed E-state index contributed by atoms with van der Waals surface area (Å²) in [6, 6.07) is -0.645. The molecule has 430 valence electrons. The Morgan fingerprint density at radius 3 is 0.795 bits per heavy atom. The van der Waals surface area contributed by atoms with Gasteiger partial charge in [0.05, 0.1) is 18.8 Å². The van der Waals surface area contributed by atoms with E-state index in [1.807, 2.05) is 6.08 Å². The van der Waals surface area contributed by atoms with Crippen LogP contribution in [0.4, 0.5) is 0 Å². The second-order valence-electron chi connectivity index (χ2n) is 22.9. The summed E-state index contributed by atoms with van der Waals surface area (Å²) in [4.78, 5) is 12.5. The monoisotopic (exact) mass is 1020 g/mol. The Bertz CT molecular complexity index is 1160. The third-order valence-corrected chi connectivity index (χ3v) is 15.5. The molecule has 0 aliphatic rings. The van der Waals surface area contributed by atoms with Crippen molar-refractivity contribution in [3.8, 4) is 0 Å². The number of hydrogen-bond acceptors (Lipinski definition) is 3. The zero-order valence-electron chi connectivity index (χ0n) is 49.7. The van der Waals surface area contributed by atoms with Gasteiger partial charge in [0.25, 0.3) is 0 Å². The fourth-order valence-corrected chi connectivity index (χ4v) is 10.4. The Morgan fingerprint density at radius 2 is 0.534 bits per heavy atom. The molecule has 2 atom stereocenters. The zero-order valence-corrected chi connectivity index (χ0v) is 49.7. The van der Waals surface area contributed by atoms with Gasteiger partial charge >= 0.3 is 0 Å². The molecule has 0 fully saturated rings. The van der Waals surface area contributed by atoms with Crippen LogP contribution in [0.15, 0.2) is 48.6 Å². The normalized spacial score (nSPS) is 13.0. The van der Waals surface area contributed by atoms with Gasteiger partial charge < -0.3 is 15.5 Å². The molecule has 0 saturated heterocycles. The molecule has 3 N–H and O–H groups in total. The molecule has 4 nitrogen and oxygen atoms in total. The second kappa shape index (κ2) is 64.6. The molecule has 0 saturated carbocycles. The lowest BCUT2D eigenvalue weighted by Gasteiger charge is -2.19. The second-order valence-corrected chi connectivity index (χ2v) is 22.9. The van der Waals surface area contributed by atoms with E-state index in [0.717, 1.165) is 38.5 Å². The van der Waals surface area contributed by atoms with Crippen LogP contribution in [0.25, 0.3) is 0 Å². The molecule has 0 aliphatic heterocycles. The van der Waals surface area contributed by atoms with Crippen molar-refractivity contribution in [2.75, 3.05) is 6.61 Å². The molecular formula is C69H131NO3. The number of carbonyl (C=O) groups is 1. The highest BCUT2D eigenvalue weighted by molar-refractivity contribution is 5.76. The number of carbonyl (C=O) groups excluding carboxylic acids is 1. The minimum atomic E-state index is -0.870. The van der Waals surface area contributed by atoms with Crippen LogP contribution in [0.1, 0.15) is 367 Å². The molecule has 0 bridgehead atoms. The van der Waals surface area contributed by atoms with Crippen molar-refractivity contribution in [3.05, 3.63) is 48.6 Å². The fourth-order valence-electron chi connectivity index (χ4n) is 10.4. The highest BCUT2D eigenvalue weighted by Crippen LogP contribution is 2.18. The average Bonchev–Trinajstić information content (AvgIpc) is 3.40. The first kappa shape index (κ1) is 71.3. The number of allylic oxidation sites excluding steroid dienone is 7. The predicted octanol–water partition coefficient (Wildman–Crippen LogP) is 22.5. The van der Waals surface area contributed by atoms with Crippen LogP contribution in [0.5, 0.6) is 0 Å². The Kier molecular flexibility index (Phi) is 63.2. The van der Waals surface area contributed by atoms with Gasteiger partial charge in [-0.2, -0.15) is 0 Å². The Hall–Kier alpha value is -1.65. The van der Waals surface area contributed by atoms with Crippen LogP contribution >= 0.6 is 0 Å². The van der Waals surface area contributed by atoms with Gasteiger partial charge in [0.2, 0.25) is 5.91 Å². The lowest BCUT2D eigenvalue weighted by molar-refractivity contribution is -0.123. The minimum Gasteiger partial charge on any atom is -0.394 e. The van der Waals surface area contributed by atoms with E-state index in [9.17, 15) is 15.0 Å². The molecule has 0 aromatic heterocycles. The summed E-state index contributed by atoms with van der Waals surface area (Å²) in [6.07, 6.45) is 90.6. The van der Waals surface area contributed by atoms with Crippen LogP contribution in [0.2, 0.25) is 0 Å². The first-order valence-corrected chi connectivity index (χ1v) is 33.4.